The average Bonchev–Trinajstić information content (AvgIpc) is 2.93. The SMILES string of the molecule is CO/N=C(\C)[C@H]1CC[C@H]2[C@@H]3CC[C@@H]4CC(O)CC[C@]4(C)[C@H]3CC[C@]12C. The highest BCUT2D eigenvalue weighted by Crippen LogP contribution is 2.67. The third-order valence-corrected chi connectivity index (χ3v) is 9.38. The average molecular weight is 348 g/mol. The lowest BCUT2D eigenvalue weighted by atomic mass is 9.44. The van der Waals surface area contributed by atoms with Gasteiger partial charge in [-0.05, 0) is 99.2 Å². The van der Waals surface area contributed by atoms with Crippen molar-refractivity contribution in [3.63, 3.8) is 0 Å². The number of hydrogen-bond donors (Lipinski definition) is 1. The summed E-state index contributed by atoms with van der Waals surface area (Å²) in [7, 11) is 1.68. The smallest absolute Gasteiger partial charge is 0.106 e. The number of aliphatic hydroxyl groups excluding tert-OH is 1. The van der Waals surface area contributed by atoms with Crippen LogP contribution in [-0.2, 0) is 4.84 Å². The Morgan fingerprint density at radius 2 is 1.68 bits per heavy atom. The first kappa shape index (κ1) is 17.8. The minimum atomic E-state index is -0.0350. The minimum Gasteiger partial charge on any atom is -0.399 e. The number of nitrogens with zero attached hydrogens (tertiary/aromatic N) is 1. The molecular weight excluding hydrogens is 310 g/mol. The minimum absolute atomic E-state index is 0.0350. The Kier molecular flexibility index (Phi) is 4.46. The zero-order valence-corrected chi connectivity index (χ0v) is 16.6. The fourth-order valence-electron chi connectivity index (χ4n) is 8.13. The number of rotatable bonds is 2. The predicted octanol–water partition coefficient (Wildman–Crippen LogP) is 5.03. The summed E-state index contributed by atoms with van der Waals surface area (Å²) in [6.45, 7) is 7.31. The second-order valence-electron chi connectivity index (χ2n) is 10.2. The van der Waals surface area contributed by atoms with E-state index in [1.807, 2.05) is 0 Å². The zero-order valence-electron chi connectivity index (χ0n) is 16.6. The Bertz CT molecular complexity index is 546. The van der Waals surface area contributed by atoms with E-state index in [9.17, 15) is 5.11 Å². The van der Waals surface area contributed by atoms with Crippen molar-refractivity contribution in [2.24, 2.45) is 45.6 Å². The molecule has 0 aromatic heterocycles. The predicted molar refractivity (Wildman–Crippen MR) is 101 cm³/mol. The molecule has 1 unspecified atom stereocenters. The van der Waals surface area contributed by atoms with Gasteiger partial charge in [0.2, 0.25) is 0 Å². The molecule has 4 aliphatic rings. The summed E-state index contributed by atoms with van der Waals surface area (Å²) in [6.07, 6.45) is 11.4. The molecule has 1 N–H and O–H groups in total. The maximum absolute atomic E-state index is 10.2. The van der Waals surface area contributed by atoms with Gasteiger partial charge in [-0.2, -0.15) is 0 Å². The number of aliphatic hydroxyl groups is 1. The standard InChI is InChI=1S/C22H37NO2/c1-14(23-25-4)18-7-8-19-17-6-5-15-13-16(24)9-11-21(15,2)20(17)10-12-22(18,19)3/h15-20,24H,5-13H2,1-4H3/b23-14+/t15-,16?,17+,18-,19+,20+,21+,22-/m1/s1. The molecule has 4 saturated carbocycles. The van der Waals surface area contributed by atoms with Crippen LogP contribution in [0.3, 0.4) is 0 Å². The molecule has 0 heterocycles. The maximum atomic E-state index is 10.2. The molecule has 0 radical (unpaired) electrons. The Balaban J connectivity index is 1.59. The third-order valence-electron chi connectivity index (χ3n) is 9.38. The van der Waals surface area contributed by atoms with Gasteiger partial charge in [0, 0.05) is 5.92 Å². The summed E-state index contributed by atoms with van der Waals surface area (Å²) < 4.78 is 0. The molecule has 4 fully saturated rings. The van der Waals surface area contributed by atoms with E-state index in [0.717, 1.165) is 36.5 Å². The van der Waals surface area contributed by atoms with E-state index in [1.165, 1.54) is 50.7 Å². The molecule has 0 aromatic carbocycles. The van der Waals surface area contributed by atoms with Crippen molar-refractivity contribution >= 4 is 5.71 Å². The van der Waals surface area contributed by atoms with Crippen molar-refractivity contribution in [3.8, 4) is 0 Å². The zero-order chi connectivity index (χ0) is 17.8. The van der Waals surface area contributed by atoms with Crippen LogP contribution in [0.5, 0.6) is 0 Å². The van der Waals surface area contributed by atoms with Crippen molar-refractivity contribution in [2.45, 2.75) is 84.7 Å². The Labute approximate surface area is 153 Å². The first-order valence-corrected chi connectivity index (χ1v) is 10.7. The molecule has 4 aliphatic carbocycles. The first-order valence-electron chi connectivity index (χ1n) is 10.7. The molecule has 0 spiro atoms. The van der Waals surface area contributed by atoms with Crippen molar-refractivity contribution in [3.05, 3.63) is 0 Å². The van der Waals surface area contributed by atoms with Crippen LogP contribution in [0, 0.1) is 40.4 Å². The van der Waals surface area contributed by atoms with Crippen molar-refractivity contribution in [1.82, 2.24) is 0 Å². The molecule has 3 nitrogen and oxygen atoms in total. The molecule has 0 bridgehead atoms. The maximum Gasteiger partial charge on any atom is 0.106 e. The van der Waals surface area contributed by atoms with Crippen LogP contribution in [0.4, 0.5) is 0 Å². The van der Waals surface area contributed by atoms with E-state index in [-0.39, 0.29) is 6.10 Å². The molecule has 8 atom stereocenters. The van der Waals surface area contributed by atoms with Gasteiger partial charge in [0.05, 0.1) is 11.8 Å². The lowest BCUT2D eigenvalue weighted by Gasteiger charge is -2.61. The van der Waals surface area contributed by atoms with Gasteiger partial charge in [0.15, 0.2) is 0 Å². The topological polar surface area (TPSA) is 41.8 Å². The van der Waals surface area contributed by atoms with Gasteiger partial charge in [0.25, 0.3) is 0 Å². The molecule has 0 amide bonds. The molecule has 25 heavy (non-hydrogen) atoms. The second-order valence-corrected chi connectivity index (χ2v) is 10.2. The Morgan fingerprint density at radius 3 is 2.44 bits per heavy atom. The Hall–Kier alpha value is -0.570. The highest BCUT2D eigenvalue weighted by atomic mass is 16.6. The molecule has 0 aliphatic heterocycles. The van der Waals surface area contributed by atoms with Gasteiger partial charge in [-0.25, -0.2) is 0 Å². The van der Waals surface area contributed by atoms with Gasteiger partial charge in [-0.1, -0.05) is 19.0 Å². The molecule has 0 saturated heterocycles. The van der Waals surface area contributed by atoms with Crippen LogP contribution in [0.2, 0.25) is 0 Å². The van der Waals surface area contributed by atoms with Crippen LogP contribution in [-0.4, -0.2) is 24.0 Å². The summed E-state index contributed by atoms with van der Waals surface area (Å²) in [5.74, 6) is 4.02. The molecule has 3 heteroatoms. The number of oxime groups is 1. The number of fused-ring (bicyclic) bond motifs is 5. The summed E-state index contributed by atoms with van der Waals surface area (Å²) in [6, 6.07) is 0. The fourth-order valence-corrected chi connectivity index (χ4v) is 8.13. The van der Waals surface area contributed by atoms with Gasteiger partial charge >= 0.3 is 0 Å². The summed E-state index contributed by atoms with van der Waals surface area (Å²) >= 11 is 0. The van der Waals surface area contributed by atoms with Crippen molar-refractivity contribution in [2.75, 3.05) is 7.11 Å². The van der Waals surface area contributed by atoms with Gasteiger partial charge in [0.1, 0.15) is 7.11 Å². The van der Waals surface area contributed by atoms with Crippen LogP contribution in [0.15, 0.2) is 5.16 Å². The van der Waals surface area contributed by atoms with Crippen LogP contribution >= 0.6 is 0 Å². The molecule has 0 aromatic rings. The molecule has 4 rings (SSSR count). The summed E-state index contributed by atoms with van der Waals surface area (Å²) in [5, 5.41) is 14.5. The lowest BCUT2D eigenvalue weighted by Crippen LogP contribution is -2.54. The lowest BCUT2D eigenvalue weighted by molar-refractivity contribution is -0.123. The van der Waals surface area contributed by atoms with E-state index < -0.39 is 0 Å². The van der Waals surface area contributed by atoms with Gasteiger partial charge in [-0.3, -0.25) is 0 Å². The van der Waals surface area contributed by atoms with Crippen LogP contribution in [0.1, 0.15) is 78.6 Å². The highest BCUT2D eigenvalue weighted by Gasteiger charge is 2.60. The van der Waals surface area contributed by atoms with Gasteiger partial charge < -0.3 is 9.94 Å². The van der Waals surface area contributed by atoms with E-state index >= 15 is 0 Å². The fraction of sp³-hybridized carbons (Fsp3) is 0.955. The van der Waals surface area contributed by atoms with Gasteiger partial charge in [-0.15, -0.1) is 0 Å². The monoisotopic (exact) mass is 347 g/mol. The van der Waals surface area contributed by atoms with Crippen molar-refractivity contribution < 1.29 is 9.94 Å². The van der Waals surface area contributed by atoms with E-state index in [4.69, 9.17) is 4.84 Å². The highest BCUT2D eigenvalue weighted by molar-refractivity contribution is 5.85. The van der Waals surface area contributed by atoms with Crippen LogP contribution in [0.25, 0.3) is 0 Å². The summed E-state index contributed by atoms with van der Waals surface area (Å²) in [4.78, 5) is 5.11. The van der Waals surface area contributed by atoms with E-state index in [0.29, 0.717) is 16.7 Å². The molecule has 142 valence electrons. The first-order chi connectivity index (χ1) is 11.9. The third kappa shape index (κ3) is 2.59. The Morgan fingerprint density at radius 1 is 0.960 bits per heavy atom. The summed E-state index contributed by atoms with van der Waals surface area (Å²) in [5.41, 5.74) is 2.12. The van der Waals surface area contributed by atoms with E-state index in [1.54, 1.807) is 7.11 Å². The van der Waals surface area contributed by atoms with Crippen molar-refractivity contribution in [1.29, 1.82) is 0 Å². The largest absolute Gasteiger partial charge is 0.399 e. The van der Waals surface area contributed by atoms with E-state index in [2.05, 4.69) is 25.9 Å². The normalized spacial score (nSPS) is 52.9. The van der Waals surface area contributed by atoms with Crippen LogP contribution < -0.4 is 0 Å². The second kappa shape index (κ2) is 6.25. The number of hydrogen-bond acceptors (Lipinski definition) is 3. The quantitative estimate of drug-likeness (QED) is 0.562. The molecular formula is C22H37NO2.